The average Bonchev–Trinajstić information content (AvgIpc) is 2.80. The van der Waals surface area contributed by atoms with Crippen molar-refractivity contribution in [3.63, 3.8) is 0 Å². The highest BCUT2D eigenvalue weighted by atomic mass is 32.2. The maximum Gasteiger partial charge on any atom is 0.328 e. The molecule has 0 saturated carbocycles. The third-order valence-electron chi connectivity index (χ3n) is 3.14. The van der Waals surface area contributed by atoms with E-state index in [0.29, 0.717) is 5.75 Å². The molecule has 1 fully saturated rings. The predicted molar refractivity (Wildman–Crippen MR) is 82.3 cm³/mol. The van der Waals surface area contributed by atoms with Crippen LogP contribution in [0.3, 0.4) is 0 Å². The molecule has 1 atom stereocenters. The first-order valence-corrected chi connectivity index (χ1v) is 7.28. The van der Waals surface area contributed by atoms with Gasteiger partial charge in [0.15, 0.2) is 0 Å². The summed E-state index contributed by atoms with van der Waals surface area (Å²) in [6, 6.07) is 6.15. The largest absolute Gasteiger partial charge is 0.497 e. The van der Waals surface area contributed by atoms with Crippen LogP contribution in [0.25, 0.3) is 6.08 Å². The van der Waals surface area contributed by atoms with E-state index in [2.05, 4.69) is 4.74 Å². The molecule has 1 aromatic rings. The summed E-state index contributed by atoms with van der Waals surface area (Å²) in [5, 5.41) is -0.489. The lowest BCUT2D eigenvalue weighted by atomic mass is 10.2. The molecule has 1 aromatic carbocycles. The van der Waals surface area contributed by atoms with Crippen molar-refractivity contribution in [2.75, 3.05) is 14.2 Å². The summed E-state index contributed by atoms with van der Waals surface area (Å²) < 4.78 is 9.69. The third kappa shape index (κ3) is 3.14. The van der Waals surface area contributed by atoms with Gasteiger partial charge >= 0.3 is 5.97 Å². The van der Waals surface area contributed by atoms with Crippen molar-refractivity contribution < 1.29 is 23.9 Å². The summed E-state index contributed by atoms with van der Waals surface area (Å²) in [5.41, 5.74) is 0.732. The van der Waals surface area contributed by atoms with E-state index >= 15 is 0 Å². The van der Waals surface area contributed by atoms with E-state index in [0.717, 1.165) is 22.2 Å². The topological polar surface area (TPSA) is 72.9 Å². The number of imide groups is 1. The first kappa shape index (κ1) is 16.1. The molecule has 1 saturated heterocycles. The van der Waals surface area contributed by atoms with Gasteiger partial charge in [0.2, 0.25) is 0 Å². The molecule has 0 N–H and O–H groups in total. The molecule has 2 rings (SSSR count). The van der Waals surface area contributed by atoms with Gasteiger partial charge in [-0.15, -0.1) is 0 Å². The fourth-order valence-corrected chi connectivity index (χ4v) is 2.88. The van der Waals surface area contributed by atoms with Crippen LogP contribution in [0.1, 0.15) is 12.5 Å². The smallest absolute Gasteiger partial charge is 0.328 e. The molecule has 0 aliphatic carbocycles. The molecule has 0 radical (unpaired) electrons. The second-order valence-corrected chi connectivity index (χ2v) is 5.52. The lowest BCUT2D eigenvalue weighted by Gasteiger charge is -2.18. The van der Waals surface area contributed by atoms with E-state index in [1.54, 1.807) is 37.5 Å². The van der Waals surface area contributed by atoms with E-state index in [1.165, 1.54) is 14.0 Å². The normalized spacial score (nSPS) is 17.8. The summed E-state index contributed by atoms with van der Waals surface area (Å²) in [6.07, 6.45) is 1.59. The maximum absolute atomic E-state index is 12.3. The molecule has 22 heavy (non-hydrogen) atoms. The fourth-order valence-electron chi connectivity index (χ4n) is 1.97. The van der Waals surface area contributed by atoms with Crippen molar-refractivity contribution >= 4 is 35.0 Å². The molecule has 0 bridgehead atoms. The SMILES string of the molecule is COC(=O)[C@@H](C)N1C(=O)S/C(=C/c2cccc(OC)c2)C1=O. The minimum Gasteiger partial charge on any atom is -0.497 e. The molecule has 2 amide bonds. The molecule has 1 aliphatic heterocycles. The van der Waals surface area contributed by atoms with Crippen LogP contribution in [0.15, 0.2) is 29.2 Å². The van der Waals surface area contributed by atoms with E-state index in [4.69, 9.17) is 4.74 Å². The predicted octanol–water partition coefficient (Wildman–Crippen LogP) is 2.29. The highest BCUT2D eigenvalue weighted by Gasteiger charge is 2.41. The molecular weight excluding hydrogens is 306 g/mol. The Morgan fingerprint density at radius 1 is 1.32 bits per heavy atom. The number of carbonyl (C=O) groups is 3. The van der Waals surface area contributed by atoms with Crippen molar-refractivity contribution in [3.05, 3.63) is 34.7 Å². The van der Waals surface area contributed by atoms with Crippen LogP contribution in [-0.4, -0.2) is 42.3 Å². The molecule has 116 valence electrons. The van der Waals surface area contributed by atoms with E-state index in [9.17, 15) is 14.4 Å². The Morgan fingerprint density at radius 2 is 2.05 bits per heavy atom. The summed E-state index contributed by atoms with van der Waals surface area (Å²) in [5.74, 6) is -0.489. The molecule has 0 aromatic heterocycles. The van der Waals surface area contributed by atoms with E-state index in [1.807, 2.05) is 0 Å². The van der Waals surface area contributed by atoms with Crippen LogP contribution >= 0.6 is 11.8 Å². The van der Waals surface area contributed by atoms with Gasteiger partial charge in [0.05, 0.1) is 19.1 Å². The monoisotopic (exact) mass is 321 g/mol. The quantitative estimate of drug-likeness (QED) is 0.626. The second-order valence-electron chi connectivity index (χ2n) is 4.53. The number of hydrogen-bond donors (Lipinski definition) is 0. The number of ether oxygens (including phenoxy) is 2. The standard InChI is InChI=1S/C15H15NO5S/c1-9(14(18)21-3)16-13(17)12(22-15(16)19)8-10-5-4-6-11(7-10)20-2/h4-9H,1-3H3/b12-8+/t9-/m1/s1. The Hall–Kier alpha value is -2.28. The van der Waals surface area contributed by atoms with Crippen LogP contribution in [0.4, 0.5) is 4.79 Å². The van der Waals surface area contributed by atoms with Gasteiger partial charge in [-0.1, -0.05) is 12.1 Å². The second kappa shape index (κ2) is 6.65. The number of methoxy groups -OCH3 is 2. The zero-order valence-electron chi connectivity index (χ0n) is 12.4. The summed E-state index contributed by atoms with van der Waals surface area (Å²) in [7, 11) is 2.76. The van der Waals surface area contributed by atoms with Crippen molar-refractivity contribution in [1.29, 1.82) is 0 Å². The number of benzene rings is 1. The Balaban J connectivity index is 2.27. The van der Waals surface area contributed by atoms with Crippen molar-refractivity contribution in [3.8, 4) is 5.75 Å². The molecule has 6 nitrogen and oxygen atoms in total. The highest BCUT2D eigenvalue weighted by molar-refractivity contribution is 8.18. The van der Waals surface area contributed by atoms with E-state index in [-0.39, 0.29) is 4.91 Å². The molecular formula is C15H15NO5S. The summed E-state index contributed by atoms with van der Waals surface area (Å²) in [6.45, 7) is 1.46. The zero-order valence-corrected chi connectivity index (χ0v) is 13.2. The van der Waals surface area contributed by atoms with Crippen LogP contribution < -0.4 is 4.74 Å². The van der Waals surface area contributed by atoms with Gasteiger partial charge in [-0.3, -0.25) is 14.5 Å². The minimum absolute atomic E-state index is 0.258. The third-order valence-corrected chi connectivity index (χ3v) is 4.03. The Labute approximate surface area is 132 Å². The van der Waals surface area contributed by atoms with Gasteiger partial charge in [-0.05, 0) is 42.5 Å². The highest BCUT2D eigenvalue weighted by Crippen LogP contribution is 2.34. The maximum atomic E-state index is 12.3. The fraction of sp³-hybridized carbons (Fsp3) is 0.267. The van der Waals surface area contributed by atoms with E-state index < -0.39 is 23.2 Å². The average molecular weight is 321 g/mol. The number of nitrogens with zero attached hydrogens (tertiary/aromatic N) is 1. The zero-order chi connectivity index (χ0) is 16.3. The Bertz CT molecular complexity index is 655. The Morgan fingerprint density at radius 3 is 2.68 bits per heavy atom. The van der Waals surface area contributed by atoms with Gasteiger partial charge in [-0.25, -0.2) is 4.79 Å². The number of rotatable bonds is 4. The number of hydrogen-bond acceptors (Lipinski definition) is 6. The molecule has 7 heteroatoms. The van der Waals surface area contributed by atoms with Gasteiger partial charge < -0.3 is 9.47 Å². The lowest BCUT2D eigenvalue weighted by molar-refractivity contribution is -0.148. The number of esters is 1. The first-order valence-electron chi connectivity index (χ1n) is 6.47. The van der Waals surface area contributed by atoms with Crippen LogP contribution in [0.5, 0.6) is 5.75 Å². The minimum atomic E-state index is -0.950. The van der Waals surface area contributed by atoms with Crippen molar-refractivity contribution in [1.82, 2.24) is 4.90 Å². The Kier molecular flexibility index (Phi) is 4.87. The molecule has 0 unspecified atom stereocenters. The van der Waals surface area contributed by atoms with Gasteiger partial charge in [0, 0.05) is 0 Å². The molecule has 0 spiro atoms. The van der Waals surface area contributed by atoms with Crippen LogP contribution in [0.2, 0.25) is 0 Å². The van der Waals surface area contributed by atoms with Gasteiger partial charge in [-0.2, -0.15) is 0 Å². The summed E-state index contributed by atoms with van der Waals surface area (Å²) in [4.78, 5) is 37.0. The van der Waals surface area contributed by atoms with Crippen LogP contribution in [0, 0.1) is 0 Å². The first-order chi connectivity index (χ1) is 10.5. The number of amides is 2. The van der Waals surface area contributed by atoms with Crippen LogP contribution in [-0.2, 0) is 14.3 Å². The van der Waals surface area contributed by atoms with Crippen molar-refractivity contribution in [2.45, 2.75) is 13.0 Å². The van der Waals surface area contributed by atoms with Crippen molar-refractivity contribution in [2.24, 2.45) is 0 Å². The molecule has 1 aliphatic rings. The van der Waals surface area contributed by atoms with Gasteiger partial charge in [0.25, 0.3) is 11.1 Å². The number of thioether (sulfide) groups is 1. The number of carbonyl (C=O) groups excluding carboxylic acids is 3. The summed E-state index contributed by atoms with van der Waals surface area (Å²) >= 11 is 0.796. The molecule has 1 heterocycles. The lowest BCUT2D eigenvalue weighted by Crippen LogP contribution is -2.42. The van der Waals surface area contributed by atoms with Gasteiger partial charge in [0.1, 0.15) is 11.8 Å².